The number of benzene rings is 1. The number of aryl methyl sites for hydroxylation is 1. The van der Waals surface area contributed by atoms with Crippen LogP contribution in [0.4, 0.5) is 0 Å². The van der Waals surface area contributed by atoms with Gasteiger partial charge in [0, 0.05) is 17.9 Å². The van der Waals surface area contributed by atoms with E-state index in [0.717, 1.165) is 12.1 Å². The lowest BCUT2D eigenvalue weighted by atomic mass is 9.70. The van der Waals surface area contributed by atoms with Crippen LogP contribution in [0.15, 0.2) is 29.4 Å². The van der Waals surface area contributed by atoms with Crippen LogP contribution in [0.5, 0.6) is 0 Å². The predicted octanol–water partition coefficient (Wildman–Crippen LogP) is 3.26. The smallest absolute Gasteiger partial charge is 0.170 e. The maximum absolute atomic E-state index is 5.82. The lowest BCUT2D eigenvalue weighted by molar-refractivity contribution is -0.0726. The van der Waals surface area contributed by atoms with Gasteiger partial charge in [-0.3, -0.25) is 0 Å². The summed E-state index contributed by atoms with van der Waals surface area (Å²) in [7, 11) is 0. The van der Waals surface area contributed by atoms with Gasteiger partial charge in [-0.05, 0) is 25.3 Å². The van der Waals surface area contributed by atoms with E-state index in [1.165, 1.54) is 24.0 Å². The van der Waals surface area contributed by atoms with Gasteiger partial charge in [0.2, 0.25) is 0 Å². The average Bonchev–Trinajstić information content (AvgIpc) is 2.68. The standard InChI is InChI=1S/C14H17NO/c1-10-7-8-12-5-3-4-6-13(12)14(10)9-11(2)15-16-14/h3-6,10H,7-9H2,1-2H3/t10-,14+/m1/s1. The maximum atomic E-state index is 5.82. The van der Waals surface area contributed by atoms with Crippen molar-refractivity contribution in [2.75, 3.05) is 0 Å². The molecule has 2 nitrogen and oxygen atoms in total. The van der Waals surface area contributed by atoms with E-state index in [2.05, 4.69) is 43.3 Å². The molecule has 0 saturated heterocycles. The molecular weight excluding hydrogens is 198 g/mol. The fourth-order valence-corrected chi connectivity index (χ4v) is 3.03. The molecule has 1 aliphatic carbocycles. The van der Waals surface area contributed by atoms with Gasteiger partial charge in [0.15, 0.2) is 5.60 Å². The number of rotatable bonds is 0. The molecule has 0 unspecified atom stereocenters. The Morgan fingerprint density at radius 1 is 1.38 bits per heavy atom. The molecule has 0 saturated carbocycles. The molecule has 0 radical (unpaired) electrons. The van der Waals surface area contributed by atoms with Crippen molar-refractivity contribution < 1.29 is 4.84 Å². The van der Waals surface area contributed by atoms with Crippen molar-refractivity contribution in [2.45, 2.75) is 38.7 Å². The first-order valence-corrected chi connectivity index (χ1v) is 6.02. The molecule has 84 valence electrons. The fraction of sp³-hybridized carbons (Fsp3) is 0.500. The Bertz CT molecular complexity index is 452. The molecule has 1 heterocycles. The average molecular weight is 215 g/mol. The van der Waals surface area contributed by atoms with Crippen LogP contribution in [0.3, 0.4) is 0 Å². The molecule has 2 heteroatoms. The molecule has 0 bridgehead atoms. The Labute approximate surface area is 96.3 Å². The zero-order valence-electron chi connectivity index (χ0n) is 9.86. The first-order valence-electron chi connectivity index (χ1n) is 6.02. The van der Waals surface area contributed by atoms with Crippen LogP contribution in [0, 0.1) is 5.92 Å². The molecule has 1 aromatic carbocycles. The van der Waals surface area contributed by atoms with Crippen molar-refractivity contribution in [2.24, 2.45) is 11.1 Å². The lowest BCUT2D eigenvalue weighted by Gasteiger charge is -2.38. The van der Waals surface area contributed by atoms with Crippen molar-refractivity contribution >= 4 is 5.71 Å². The molecular formula is C14H17NO. The van der Waals surface area contributed by atoms with Crippen LogP contribution in [0.1, 0.15) is 37.8 Å². The highest BCUT2D eigenvalue weighted by molar-refractivity contribution is 5.84. The van der Waals surface area contributed by atoms with Crippen LogP contribution in [0.2, 0.25) is 0 Å². The number of hydrogen-bond acceptors (Lipinski definition) is 2. The van der Waals surface area contributed by atoms with Crippen LogP contribution in [-0.2, 0) is 16.9 Å². The zero-order chi connectivity index (χ0) is 11.2. The third kappa shape index (κ3) is 1.22. The molecule has 16 heavy (non-hydrogen) atoms. The van der Waals surface area contributed by atoms with E-state index >= 15 is 0 Å². The van der Waals surface area contributed by atoms with E-state index in [9.17, 15) is 0 Å². The highest BCUT2D eigenvalue weighted by atomic mass is 16.7. The van der Waals surface area contributed by atoms with Gasteiger partial charge in [-0.15, -0.1) is 0 Å². The Morgan fingerprint density at radius 3 is 2.94 bits per heavy atom. The summed E-state index contributed by atoms with van der Waals surface area (Å²) in [6, 6.07) is 8.65. The molecule has 1 spiro atoms. The summed E-state index contributed by atoms with van der Waals surface area (Å²) in [6.45, 7) is 4.34. The van der Waals surface area contributed by atoms with E-state index in [-0.39, 0.29) is 5.60 Å². The molecule has 0 fully saturated rings. The minimum absolute atomic E-state index is 0.168. The Balaban J connectivity index is 2.11. The largest absolute Gasteiger partial charge is 0.384 e. The first kappa shape index (κ1) is 9.88. The Kier molecular flexibility index (Phi) is 2.06. The predicted molar refractivity (Wildman–Crippen MR) is 64.4 cm³/mol. The summed E-state index contributed by atoms with van der Waals surface area (Å²) in [4.78, 5) is 5.82. The lowest BCUT2D eigenvalue weighted by Crippen LogP contribution is -2.38. The first-order chi connectivity index (χ1) is 7.72. The van der Waals surface area contributed by atoms with E-state index in [1.807, 2.05) is 0 Å². The van der Waals surface area contributed by atoms with Crippen molar-refractivity contribution in [1.29, 1.82) is 0 Å². The third-order valence-electron chi connectivity index (χ3n) is 4.00. The summed E-state index contributed by atoms with van der Waals surface area (Å²) in [6.07, 6.45) is 3.31. The van der Waals surface area contributed by atoms with Crippen molar-refractivity contribution in [1.82, 2.24) is 0 Å². The van der Waals surface area contributed by atoms with Gasteiger partial charge in [-0.2, -0.15) is 0 Å². The van der Waals surface area contributed by atoms with Gasteiger partial charge >= 0.3 is 0 Å². The molecule has 3 rings (SSSR count). The van der Waals surface area contributed by atoms with Gasteiger partial charge in [0.05, 0.1) is 5.71 Å². The number of fused-ring (bicyclic) bond motifs is 2. The second-order valence-electron chi connectivity index (χ2n) is 5.08. The van der Waals surface area contributed by atoms with Crippen molar-refractivity contribution in [3.05, 3.63) is 35.4 Å². The van der Waals surface area contributed by atoms with Gasteiger partial charge in [0.1, 0.15) is 0 Å². The second-order valence-corrected chi connectivity index (χ2v) is 5.08. The highest BCUT2D eigenvalue weighted by Gasteiger charge is 2.47. The Hall–Kier alpha value is -1.31. The van der Waals surface area contributed by atoms with Gasteiger partial charge in [0.25, 0.3) is 0 Å². The van der Waals surface area contributed by atoms with Crippen molar-refractivity contribution in [3.63, 3.8) is 0 Å². The van der Waals surface area contributed by atoms with Gasteiger partial charge < -0.3 is 4.84 Å². The molecule has 0 aromatic heterocycles. The van der Waals surface area contributed by atoms with Gasteiger partial charge in [-0.25, -0.2) is 0 Å². The SMILES string of the molecule is CC1=NO[C@]2(C1)c1ccccc1CC[C@H]2C. The minimum atomic E-state index is -0.168. The summed E-state index contributed by atoms with van der Waals surface area (Å²) in [5, 5.41) is 4.18. The number of nitrogens with zero attached hydrogens (tertiary/aromatic N) is 1. The van der Waals surface area contributed by atoms with E-state index in [0.29, 0.717) is 5.92 Å². The second kappa shape index (κ2) is 3.34. The van der Waals surface area contributed by atoms with Crippen molar-refractivity contribution in [3.8, 4) is 0 Å². The monoisotopic (exact) mass is 215 g/mol. The molecule has 1 aliphatic heterocycles. The summed E-state index contributed by atoms with van der Waals surface area (Å²) in [5.41, 5.74) is 3.74. The van der Waals surface area contributed by atoms with Gasteiger partial charge in [-0.1, -0.05) is 36.3 Å². The van der Waals surface area contributed by atoms with Crippen LogP contribution < -0.4 is 0 Å². The maximum Gasteiger partial charge on any atom is 0.170 e. The third-order valence-corrected chi connectivity index (χ3v) is 4.00. The van der Waals surface area contributed by atoms with Crippen LogP contribution in [0.25, 0.3) is 0 Å². The zero-order valence-corrected chi connectivity index (χ0v) is 9.86. The molecule has 2 aliphatic rings. The molecule has 0 amide bonds. The molecule has 1 aromatic rings. The summed E-state index contributed by atoms with van der Waals surface area (Å²) >= 11 is 0. The number of oxime groups is 1. The number of hydrogen-bond donors (Lipinski definition) is 0. The topological polar surface area (TPSA) is 21.6 Å². The minimum Gasteiger partial charge on any atom is -0.384 e. The summed E-state index contributed by atoms with van der Waals surface area (Å²) in [5.74, 6) is 0.545. The van der Waals surface area contributed by atoms with Crippen LogP contribution in [-0.4, -0.2) is 5.71 Å². The highest BCUT2D eigenvalue weighted by Crippen LogP contribution is 2.47. The Morgan fingerprint density at radius 2 is 2.19 bits per heavy atom. The van der Waals surface area contributed by atoms with E-state index in [1.54, 1.807) is 0 Å². The van der Waals surface area contributed by atoms with E-state index < -0.39 is 0 Å². The molecule has 0 N–H and O–H groups in total. The van der Waals surface area contributed by atoms with Crippen LogP contribution >= 0.6 is 0 Å². The van der Waals surface area contributed by atoms with E-state index in [4.69, 9.17) is 4.84 Å². The fourth-order valence-electron chi connectivity index (χ4n) is 3.03. The summed E-state index contributed by atoms with van der Waals surface area (Å²) < 4.78 is 0. The quantitative estimate of drug-likeness (QED) is 0.651. The normalized spacial score (nSPS) is 32.1. The molecule has 2 atom stereocenters.